The maximum Gasteiger partial charge on any atom is 0.239 e. The van der Waals surface area contributed by atoms with Crippen LogP contribution in [0.25, 0.3) is 0 Å². The third-order valence-corrected chi connectivity index (χ3v) is 3.90. The molecule has 1 aliphatic rings. The molecule has 0 spiro atoms. The maximum absolute atomic E-state index is 11.8. The molecule has 1 atom stereocenters. The van der Waals surface area contributed by atoms with Gasteiger partial charge < -0.3 is 10.6 Å². The molecule has 0 saturated heterocycles. The van der Waals surface area contributed by atoms with Crippen molar-refractivity contribution in [1.29, 1.82) is 0 Å². The summed E-state index contributed by atoms with van der Waals surface area (Å²) in [5.74, 6) is -0.215. The van der Waals surface area contributed by atoms with E-state index in [1.54, 1.807) is 0 Å². The van der Waals surface area contributed by atoms with Crippen LogP contribution in [-0.4, -0.2) is 29.7 Å². The molecule has 102 valence electrons. The summed E-state index contributed by atoms with van der Waals surface area (Å²) < 4.78 is 0. The molecule has 0 heterocycles. The number of rotatable bonds is 6. The van der Waals surface area contributed by atoms with E-state index in [4.69, 9.17) is 0 Å². The minimum Gasteiger partial charge on any atom is -0.352 e. The van der Waals surface area contributed by atoms with Crippen LogP contribution in [-0.2, 0) is 9.59 Å². The van der Waals surface area contributed by atoms with Crippen molar-refractivity contribution in [3.63, 3.8) is 0 Å². The Morgan fingerprint density at radius 2 is 2.00 bits per heavy atom. The van der Waals surface area contributed by atoms with Gasteiger partial charge in [0.1, 0.15) is 0 Å². The molecule has 1 aromatic rings. The molecule has 0 aliphatic heterocycles. The smallest absolute Gasteiger partial charge is 0.239 e. The predicted molar refractivity (Wildman–Crippen MR) is 75.9 cm³/mol. The van der Waals surface area contributed by atoms with Gasteiger partial charge in [-0.2, -0.15) is 0 Å². The Morgan fingerprint density at radius 1 is 1.32 bits per heavy atom. The number of benzene rings is 1. The highest BCUT2D eigenvalue weighted by Crippen LogP contribution is 2.22. The van der Waals surface area contributed by atoms with Crippen molar-refractivity contribution in [2.75, 3.05) is 6.54 Å². The van der Waals surface area contributed by atoms with E-state index in [-0.39, 0.29) is 23.6 Å². The number of carbonyl (C=O) groups excluding carboxylic acids is 2. The van der Waals surface area contributed by atoms with Crippen molar-refractivity contribution in [1.82, 2.24) is 10.6 Å². The van der Waals surface area contributed by atoms with Gasteiger partial charge in [0.2, 0.25) is 11.8 Å². The number of hydrogen-bond acceptors (Lipinski definition) is 3. The van der Waals surface area contributed by atoms with Crippen molar-refractivity contribution < 1.29 is 9.59 Å². The summed E-state index contributed by atoms with van der Waals surface area (Å²) >= 11 is 1.49. The second-order valence-electron chi connectivity index (χ2n) is 4.63. The van der Waals surface area contributed by atoms with Crippen LogP contribution >= 0.6 is 11.8 Å². The first-order valence-electron chi connectivity index (χ1n) is 6.44. The van der Waals surface area contributed by atoms with Crippen LogP contribution in [0.15, 0.2) is 35.2 Å². The average Bonchev–Trinajstić information content (AvgIpc) is 3.21. The molecule has 1 aliphatic carbocycles. The van der Waals surface area contributed by atoms with Gasteiger partial charge in [-0.25, -0.2) is 0 Å². The molecule has 4 nitrogen and oxygen atoms in total. The van der Waals surface area contributed by atoms with Crippen molar-refractivity contribution in [2.24, 2.45) is 0 Å². The number of hydrogen-bond donors (Lipinski definition) is 2. The fourth-order valence-electron chi connectivity index (χ4n) is 1.57. The SMILES string of the molecule is C[C@@H](Sc1ccccc1)C(=O)NCC(=O)NC1CC1. The van der Waals surface area contributed by atoms with Gasteiger partial charge in [-0.3, -0.25) is 9.59 Å². The van der Waals surface area contributed by atoms with Gasteiger partial charge in [-0.15, -0.1) is 11.8 Å². The van der Waals surface area contributed by atoms with Crippen molar-refractivity contribution in [2.45, 2.75) is 36.0 Å². The lowest BCUT2D eigenvalue weighted by atomic mass is 10.4. The molecular weight excluding hydrogens is 260 g/mol. The van der Waals surface area contributed by atoms with E-state index in [0.717, 1.165) is 17.7 Å². The standard InChI is InChI=1S/C14H18N2O2S/c1-10(19-12-5-3-2-4-6-12)14(18)15-9-13(17)16-11-7-8-11/h2-6,10-11H,7-9H2,1H3,(H,15,18)(H,16,17)/t10-/m1/s1. The summed E-state index contributed by atoms with van der Waals surface area (Å²) in [6.07, 6.45) is 2.11. The lowest BCUT2D eigenvalue weighted by molar-refractivity contribution is -0.125. The zero-order chi connectivity index (χ0) is 13.7. The monoisotopic (exact) mass is 278 g/mol. The fraction of sp³-hybridized carbons (Fsp3) is 0.429. The van der Waals surface area contributed by atoms with Crippen molar-refractivity contribution in [3.8, 4) is 0 Å². The Bertz CT molecular complexity index is 446. The van der Waals surface area contributed by atoms with E-state index < -0.39 is 0 Å². The van der Waals surface area contributed by atoms with Crippen LogP contribution in [0, 0.1) is 0 Å². The second-order valence-corrected chi connectivity index (χ2v) is 6.05. The maximum atomic E-state index is 11.8. The van der Waals surface area contributed by atoms with Crippen LogP contribution < -0.4 is 10.6 Å². The third kappa shape index (κ3) is 4.95. The highest BCUT2D eigenvalue weighted by Gasteiger charge is 2.23. The molecule has 19 heavy (non-hydrogen) atoms. The summed E-state index contributed by atoms with van der Waals surface area (Å²) in [5.41, 5.74) is 0. The number of carbonyl (C=O) groups is 2. The molecule has 1 saturated carbocycles. The van der Waals surface area contributed by atoms with Crippen LogP contribution in [0.1, 0.15) is 19.8 Å². The number of thioether (sulfide) groups is 1. The molecular formula is C14H18N2O2S. The molecule has 0 bridgehead atoms. The van der Waals surface area contributed by atoms with Crippen molar-refractivity contribution in [3.05, 3.63) is 30.3 Å². The van der Waals surface area contributed by atoms with E-state index >= 15 is 0 Å². The Labute approximate surface area is 117 Å². The van der Waals surface area contributed by atoms with Gasteiger partial charge in [-0.1, -0.05) is 18.2 Å². The van der Waals surface area contributed by atoms with Crippen LogP contribution in [0.4, 0.5) is 0 Å². The molecule has 0 aromatic heterocycles. The topological polar surface area (TPSA) is 58.2 Å². The van der Waals surface area contributed by atoms with Gasteiger partial charge in [0, 0.05) is 10.9 Å². The minimum atomic E-state index is -0.212. The molecule has 2 N–H and O–H groups in total. The van der Waals surface area contributed by atoms with E-state index in [1.807, 2.05) is 37.3 Å². The van der Waals surface area contributed by atoms with Gasteiger partial charge in [-0.05, 0) is 31.9 Å². The molecule has 2 amide bonds. The summed E-state index contributed by atoms with van der Waals surface area (Å²) in [6.45, 7) is 1.90. The molecule has 1 aromatic carbocycles. The quantitative estimate of drug-likeness (QED) is 0.776. The van der Waals surface area contributed by atoms with E-state index in [1.165, 1.54) is 11.8 Å². The summed E-state index contributed by atoms with van der Waals surface area (Å²) in [6, 6.07) is 10.1. The van der Waals surface area contributed by atoms with Gasteiger partial charge >= 0.3 is 0 Å². The summed E-state index contributed by atoms with van der Waals surface area (Å²) in [5, 5.41) is 5.29. The summed E-state index contributed by atoms with van der Waals surface area (Å²) in [4.78, 5) is 24.3. The Balaban J connectivity index is 1.71. The van der Waals surface area contributed by atoms with E-state index in [2.05, 4.69) is 10.6 Å². The molecule has 1 fully saturated rings. The van der Waals surface area contributed by atoms with Crippen molar-refractivity contribution >= 4 is 23.6 Å². The molecule has 2 rings (SSSR count). The minimum absolute atomic E-state index is 0.0645. The Kier molecular flexibility index (Phi) is 4.85. The average molecular weight is 278 g/mol. The first kappa shape index (κ1) is 13.9. The zero-order valence-electron chi connectivity index (χ0n) is 10.9. The van der Waals surface area contributed by atoms with Gasteiger partial charge in [0.25, 0.3) is 0 Å². The molecule has 5 heteroatoms. The first-order valence-corrected chi connectivity index (χ1v) is 7.32. The predicted octanol–water partition coefficient (Wildman–Crippen LogP) is 1.56. The highest BCUT2D eigenvalue weighted by molar-refractivity contribution is 8.00. The van der Waals surface area contributed by atoms with E-state index in [0.29, 0.717) is 6.04 Å². The Hall–Kier alpha value is -1.49. The Morgan fingerprint density at radius 3 is 2.63 bits per heavy atom. The second kappa shape index (κ2) is 6.61. The lowest BCUT2D eigenvalue weighted by Crippen LogP contribution is -2.40. The number of amides is 2. The largest absolute Gasteiger partial charge is 0.352 e. The first-order chi connectivity index (χ1) is 9.15. The highest BCUT2D eigenvalue weighted by atomic mass is 32.2. The van der Waals surface area contributed by atoms with Crippen LogP contribution in [0.2, 0.25) is 0 Å². The normalized spacial score (nSPS) is 15.6. The lowest BCUT2D eigenvalue weighted by Gasteiger charge is -2.11. The van der Waals surface area contributed by atoms with Crippen LogP contribution in [0.3, 0.4) is 0 Å². The molecule has 0 unspecified atom stereocenters. The van der Waals surface area contributed by atoms with Gasteiger partial charge in [0.05, 0.1) is 11.8 Å². The number of nitrogens with one attached hydrogen (secondary N) is 2. The van der Waals surface area contributed by atoms with Crippen LogP contribution in [0.5, 0.6) is 0 Å². The third-order valence-electron chi connectivity index (χ3n) is 2.79. The van der Waals surface area contributed by atoms with Gasteiger partial charge in [0.15, 0.2) is 0 Å². The summed E-state index contributed by atoms with van der Waals surface area (Å²) in [7, 11) is 0. The van der Waals surface area contributed by atoms with E-state index in [9.17, 15) is 9.59 Å². The fourth-order valence-corrected chi connectivity index (χ4v) is 2.49. The zero-order valence-corrected chi connectivity index (χ0v) is 11.7. The molecule has 0 radical (unpaired) electrons.